The Morgan fingerprint density at radius 2 is 1.86 bits per heavy atom. The van der Waals surface area contributed by atoms with Gasteiger partial charge in [0.1, 0.15) is 4.90 Å². The summed E-state index contributed by atoms with van der Waals surface area (Å²) in [4.78, 5) is 2.14. The van der Waals surface area contributed by atoms with E-state index in [0.717, 1.165) is 13.1 Å². The summed E-state index contributed by atoms with van der Waals surface area (Å²) < 4.78 is 27.1. The Morgan fingerprint density at radius 1 is 1.19 bits per heavy atom. The number of nitrogens with one attached hydrogen (secondary N) is 1. The maximum Gasteiger partial charge on any atom is 0.244 e. The number of hydrogen-bond acceptors (Lipinski definition) is 4. The van der Waals surface area contributed by atoms with Gasteiger partial charge in [0, 0.05) is 18.1 Å². The van der Waals surface area contributed by atoms with Gasteiger partial charge in [0.15, 0.2) is 0 Å². The van der Waals surface area contributed by atoms with E-state index in [2.05, 4.69) is 9.62 Å². The van der Waals surface area contributed by atoms with Crippen LogP contribution in [0.15, 0.2) is 17.0 Å². The molecule has 1 aromatic rings. The summed E-state index contributed by atoms with van der Waals surface area (Å²) in [6.45, 7) is 3.06. The van der Waals surface area contributed by atoms with Crippen molar-refractivity contribution in [3.63, 3.8) is 0 Å². The van der Waals surface area contributed by atoms with Crippen LogP contribution < -0.4 is 10.5 Å². The molecule has 118 valence electrons. The molecule has 1 aliphatic heterocycles. The van der Waals surface area contributed by atoms with Gasteiger partial charge in [0.05, 0.1) is 10.7 Å². The van der Waals surface area contributed by atoms with E-state index in [-0.39, 0.29) is 15.6 Å². The molecule has 2 rings (SSSR count). The summed E-state index contributed by atoms with van der Waals surface area (Å²) in [5.74, 6) is 0. The van der Waals surface area contributed by atoms with Gasteiger partial charge in [-0.1, -0.05) is 29.6 Å². The molecule has 0 spiro atoms. The van der Waals surface area contributed by atoms with Crippen LogP contribution in [0.25, 0.3) is 0 Å². The van der Waals surface area contributed by atoms with E-state index in [9.17, 15) is 8.42 Å². The molecule has 1 aromatic carbocycles. The fourth-order valence-electron chi connectivity index (χ4n) is 2.46. The number of nitrogens with zero attached hydrogens (tertiary/aromatic N) is 1. The highest BCUT2D eigenvalue weighted by atomic mass is 35.5. The molecule has 0 aliphatic carbocycles. The second-order valence-corrected chi connectivity index (χ2v) is 7.65. The number of hydrogen-bond donors (Lipinski definition) is 2. The van der Waals surface area contributed by atoms with Crippen LogP contribution in [0.4, 0.5) is 5.69 Å². The maximum absolute atomic E-state index is 12.3. The summed E-state index contributed by atoms with van der Waals surface area (Å²) >= 11 is 11.7. The molecule has 21 heavy (non-hydrogen) atoms. The van der Waals surface area contributed by atoms with E-state index in [0.29, 0.717) is 18.1 Å². The Bertz CT molecular complexity index is 578. The highest BCUT2D eigenvalue weighted by Gasteiger charge is 2.22. The highest BCUT2D eigenvalue weighted by molar-refractivity contribution is 7.89. The number of nitrogen functional groups attached to an aromatic ring is 1. The Morgan fingerprint density at radius 3 is 2.48 bits per heavy atom. The third-order valence-electron chi connectivity index (χ3n) is 3.47. The molecule has 1 fully saturated rings. The minimum absolute atomic E-state index is 0.0328. The Kier molecular flexibility index (Phi) is 5.73. The van der Waals surface area contributed by atoms with Crippen molar-refractivity contribution in [3.8, 4) is 0 Å². The van der Waals surface area contributed by atoms with Gasteiger partial charge in [-0.15, -0.1) is 0 Å². The highest BCUT2D eigenvalue weighted by Crippen LogP contribution is 2.30. The van der Waals surface area contributed by atoms with E-state index in [1.807, 2.05) is 0 Å². The van der Waals surface area contributed by atoms with E-state index in [4.69, 9.17) is 28.9 Å². The van der Waals surface area contributed by atoms with E-state index < -0.39 is 10.0 Å². The van der Waals surface area contributed by atoms with Gasteiger partial charge in [-0.3, -0.25) is 0 Å². The van der Waals surface area contributed by atoms with Crippen LogP contribution in [0.3, 0.4) is 0 Å². The normalized spacial score (nSPS) is 17.0. The predicted molar refractivity (Wildman–Crippen MR) is 86.4 cm³/mol. The summed E-state index contributed by atoms with van der Waals surface area (Å²) in [6, 6.07) is 2.76. The van der Waals surface area contributed by atoms with Gasteiger partial charge in [-0.25, -0.2) is 13.1 Å². The Hall–Kier alpha value is -0.530. The number of anilines is 1. The third-order valence-corrected chi connectivity index (χ3v) is 5.68. The number of piperidine rings is 1. The van der Waals surface area contributed by atoms with Crippen molar-refractivity contribution in [2.45, 2.75) is 24.2 Å². The molecule has 5 nitrogen and oxygen atoms in total. The van der Waals surface area contributed by atoms with Crippen molar-refractivity contribution in [1.82, 2.24) is 9.62 Å². The van der Waals surface area contributed by atoms with Crippen LogP contribution in [-0.2, 0) is 10.0 Å². The van der Waals surface area contributed by atoms with Crippen LogP contribution in [0.5, 0.6) is 0 Å². The summed E-state index contributed by atoms with van der Waals surface area (Å²) in [6.07, 6.45) is 3.59. The van der Waals surface area contributed by atoms with Crippen molar-refractivity contribution >= 4 is 38.9 Å². The average molecular weight is 352 g/mol. The fraction of sp³-hybridized carbons (Fsp3) is 0.538. The molecule has 0 radical (unpaired) electrons. The van der Waals surface area contributed by atoms with Gasteiger partial charge < -0.3 is 10.6 Å². The molecule has 1 heterocycles. The first-order valence-corrected chi connectivity index (χ1v) is 9.10. The maximum atomic E-state index is 12.3. The van der Waals surface area contributed by atoms with E-state index in [1.54, 1.807) is 0 Å². The summed E-state index contributed by atoms with van der Waals surface area (Å²) in [5.41, 5.74) is 5.78. The van der Waals surface area contributed by atoms with Crippen LogP contribution in [-0.4, -0.2) is 39.5 Å². The van der Waals surface area contributed by atoms with Gasteiger partial charge in [-0.2, -0.15) is 0 Å². The molecule has 3 N–H and O–H groups in total. The third kappa shape index (κ3) is 4.47. The van der Waals surface area contributed by atoms with Gasteiger partial charge >= 0.3 is 0 Å². The average Bonchev–Trinajstić information content (AvgIpc) is 2.38. The van der Waals surface area contributed by atoms with Crippen molar-refractivity contribution in [3.05, 3.63) is 22.2 Å². The first-order chi connectivity index (χ1) is 9.90. The number of likely N-dealkylation sites (tertiary alicyclic amines) is 1. The van der Waals surface area contributed by atoms with Crippen molar-refractivity contribution in [1.29, 1.82) is 0 Å². The smallest absolute Gasteiger partial charge is 0.244 e. The molecule has 8 heteroatoms. The summed E-state index contributed by atoms with van der Waals surface area (Å²) in [7, 11) is -3.73. The first kappa shape index (κ1) is 16.8. The van der Waals surface area contributed by atoms with Gasteiger partial charge in [-0.05, 0) is 38.1 Å². The molecule has 0 aromatic heterocycles. The molecule has 1 saturated heterocycles. The van der Waals surface area contributed by atoms with Crippen LogP contribution in [0.2, 0.25) is 10.0 Å². The van der Waals surface area contributed by atoms with Gasteiger partial charge in [0.25, 0.3) is 0 Å². The van der Waals surface area contributed by atoms with Crippen LogP contribution >= 0.6 is 23.2 Å². The molecule has 1 aliphatic rings. The zero-order valence-corrected chi connectivity index (χ0v) is 13.9. The van der Waals surface area contributed by atoms with Crippen LogP contribution in [0, 0.1) is 0 Å². The van der Waals surface area contributed by atoms with Crippen molar-refractivity contribution in [2.75, 3.05) is 31.9 Å². The number of nitrogens with two attached hydrogens (primary N) is 1. The van der Waals surface area contributed by atoms with Crippen molar-refractivity contribution < 1.29 is 8.42 Å². The van der Waals surface area contributed by atoms with Crippen molar-refractivity contribution in [2.24, 2.45) is 0 Å². The number of halogens is 2. The lowest BCUT2D eigenvalue weighted by Crippen LogP contribution is -2.37. The molecule has 0 amide bonds. The molecule has 0 atom stereocenters. The summed E-state index contributed by atoms with van der Waals surface area (Å²) in [5, 5.41) is 0.343. The lowest BCUT2D eigenvalue weighted by Gasteiger charge is -2.26. The zero-order chi connectivity index (χ0) is 15.5. The number of benzene rings is 1. The van der Waals surface area contributed by atoms with Crippen LogP contribution in [0.1, 0.15) is 19.3 Å². The lowest BCUT2D eigenvalue weighted by molar-refractivity contribution is 0.233. The second-order valence-electron chi connectivity index (χ2n) is 5.11. The molecule has 0 unspecified atom stereocenters. The van der Waals surface area contributed by atoms with E-state index >= 15 is 0 Å². The molecule has 0 bridgehead atoms. The fourth-order valence-corrected chi connectivity index (χ4v) is 4.46. The van der Waals surface area contributed by atoms with E-state index in [1.165, 1.54) is 31.4 Å². The quantitative estimate of drug-likeness (QED) is 0.798. The SMILES string of the molecule is Nc1cc(Cl)cc(Cl)c1S(=O)(=O)NCCN1CCCCC1. The molecular weight excluding hydrogens is 333 g/mol. The largest absolute Gasteiger partial charge is 0.398 e. The standard InChI is InChI=1S/C13H19Cl2N3O2S/c14-10-8-11(15)13(12(16)9-10)21(19,20)17-4-7-18-5-2-1-3-6-18/h8-9,17H,1-7,16H2. The van der Waals surface area contributed by atoms with Gasteiger partial charge in [0.2, 0.25) is 10.0 Å². The lowest BCUT2D eigenvalue weighted by atomic mass is 10.1. The molecular formula is C13H19Cl2N3O2S. The Labute approximate surface area is 135 Å². The zero-order valence-electron chi connectivity index (χ0n) is 11.6. The monoisotopic (exact) mass is 351 g/mol. The first-order valence-electron chi connectivity index (χ1n) is 6.87. The number of sulfonamides is 1. The minimum Gasteiger partial charge on any atom is -0.398 e. The predicted octanol–water partition coefficient (Wildman–Crippen LogP) is 2.34. The number of rotatable bonds is 5. The minimum atomic E-state index is -3.73. The topological polar surface area (TPSA) is 75.4 Å². The Balaban J connectivity index is 2.01. The molecule has 0 saturated carbocycles. The second kappa shape index (κ2) is 7.15.